The second-order valence-corrected chi connectivity index (χ2v) is 6.46. The van der Waals surface area contributed by atoms with Crippen LogP contribution < -0.4 is 4.90 Å². The zero-order valence-electron chi connectivity index (χ0n) is 13.9. The van der Waals surface area contributed by atoms with Crippen molar-refractivity contribution in [2.45, 2.75) is 32.4 Å². The van der Waals surface area contributed by atoms with Gasteiger partial charge in [0.2, 0.25) is 0 Å². The average molecular weight is 332 g/mol. The molecule has 128 valence electrons. The summed E-state index contributed by atoms with van der Waals surface area (Å²) in [6.45, 7) is 5.77. The predicted octanol–water partition coefficient (Wildman–Crippen LogP) is 1.46. The molecule has 2 rings (SSSR count). The fourth-order valence-corrected chi connectivity index (χ4v) is 2.45. The number of piperazine rings is 1. The topological polar surface area (TPSA) is 107 Å². The smallest absolute Gasteiger partial charge is 0.410 e. The zero-order chi connectivity index (χ0) is 17.9. The van der Waals surface area contributed by atoms with E-state index >= 15 is 0 Å². The molecule has 1 aromatic heterocycles. The molecular formula is C16H20N4O4. The number of carboxylic acids is 1. The Balaban J connectivity index is 2.22. The summed E-state index contributed by atoms with van der Waals surface area (Å²) in [6.07, 6.45) is 0.963. The number of carbonyl (C=O) groups is 2. The van der Waals surface area contributed by atoms with Crippen molar-refractivity contribution in [3.63, 3.8) is 0 Å². The normalized spacial score (nSPS) is 18.0. The average Bonchev–Trinajstić information content (AvgIpc) is 2.52. The molecule has 0 saturated carbocycles. The van der Waals surface area contributed by atoms with Crippen LogP contribution in [-0.2, 0) is 9.53 Å². The largest absolute Gasteiger partial charge is 0.480 e. The fourth-order valence-electron chi connectivity index (χ4n) is 2.45. The van der Waals surface area contributed by atoms with Gasteiger partial charge in [-0.25, -0.2) is 14.6 Å². The van der Waals surface area contributed by atoms with E-state index in [0.717, 1.165) is 0 Å². The Morgan fingerprint density at radius 1 is 1.42 bits per heavy atom. The molecule has 0 bridgehead atoms. The second-order valence-electron chi connectivity index (χ2n) is 6.46. The Morgan fingerprint density at radius 2 is 2.12 bits per heavy atom. The molecular weight excluding hydrogens is 312 g/mol. The van der Waals surface area contributed by atoms with E-state index in [1.54, 1.807) is 37.8 Å². The van der Waals surface area contributed by atoms with Crippen molar-refractivity contribution in [2.75, 3.05) is 24.5 Å². The second kappa shape index (κ2) is 6.74. The van der Waals surface area contributed by atoms with Crippen molar-refractivity contribution >= 4 is 17.9 Å². The molecule has 1 aliphatic heterocycles. The van der Waals surface area contributed by atoms with Gasteiger partial charge in [0.1, 0.15) is 23.5 Å². The number of aromatic nitrogens is 1. The van der Waals surface area contributed by atoms with Crippen LogP contribution >= 0.6 is 0 Å². The Bertz CT molecular complexity index is 677. The zero-order valence-corrected chi connectivity index (χ0v) is 13.9. The van der Waals surface area contributed by atoms with Gasteiger partial charge < -0.3 is 19.6 Å². The molecule has 1 fully saturated rings. The van der Waals surface area contributed by atoms with Gasteiger partial charge in [-0.15, -0.1) is 0 Å². The molecule has 1 saturated heterocycles. The number of carboxylic acid groups (broad SMARTS) is 1. The van der Waals surface area contributed by atoms with Gasteiger partial charge in [0.15, 0.2) is 0 Å². The minimum Gasteiger partial charge on any atom is -0.480 e. The van der Waals surface area contributed by atoms with Gasteiger partial charge in [0.25, 0.3) is 0 Å². The van der Waals surface area contributed by atoms with E-state index in [2.05, 4.69) is 4.98 Å². The summed E-state index contributed by atoms with van der Waals surface area (Å²) in [4.78, 5) is 30.9. The van der Waals surface area contributed by atoms with Crippen LogP contribution in [0.3, 0.4) is 0 Å². The van der Waals surface area contributed by atoms with E-state index in [4.69, 9.17) is 4.74 Å². The van der Waals surface area contributed by atoms with Crippen LogP contribution in [0.4, 0.5) is 10.6 Å². The van der Waals surface area contributed by atoms with E-state index in [9.17, 15) is 20.0 Å². The summed E-state index contributed by atoms with van der Waals surface area (Å²) < 4.78 is 5.30. The first kappa shape index (κ1) is 17.5. The summed E-state index contributed by atoms with van der Waals surface area (Å²) in [7, 11) is 0. The molecule has 1 atom stereocenters. The highest BCUT2D eigenvalue weighted by atomic mass is 16.6. The number of nitriles is 1. The maximum Gasteiger partial charge on any atom is 0.410 e. The van der Waals surface area contributed by atoms with E-state index in [0.29, 0.717) is 17.9 Å². The molecule has 0 spiro atoms. The van der Waals surface area contributed by atoms with E-state index in [-0.39, 0.29) is 13.1 Å². The summed E-state index contributed by atoms with van der Waals surface area (Å²) >= 11 is 0. The maximum absolute atomic E-state index is 12.2. The Labute approximate surface area is 140 Å². The fraction of sp³-hybridized carbons (Fsp3) is 0.500. The molecule has 0 aromatic carbocycles. The lowest BCUT2D eigenvalue weighted by Crippen LogP contribution is -2.58. The minimum absolute atomic E-state index is 0.0360. The highest BCUT2D eigenvalue weighted by Crippen LogP contribution is 2.23. The number of pyridine rings is 1. The molecule has 8 nitrogen and oxygen atoms in total. The van der Waals surface area contributed by atoms with E-state index in [1.807, 2.05) is 6.07 Å². The number of amides is 1. The molecule has 0 unspecified atom stereocenters. The van der Waals surface area contributed by atoms with Crippen LogP contribution in [0, 0.1) is 11.3 Å². The maximum atomic E-state index is 12.2. The molecule has 1 N–H and O–H groups in total. The molecule has 1 amide bonds. The van der Waals surface area contributed by atoms with Crippen molar-refractivity contribution in [3.05, 3.63) is 23.9 Å². The molecule has 8 heteroatoms. The predicted molar refractivity (Wildman–Crippen MR) is 85.5 cm³/mol. The van der Waals surface area contributed by atoms with Gasteiger partial charge >= 0.3 is 12.1 Å². The van der Waals surface area contributed by atoms with Crippen molar-refractivity contribution in [1.82, 2.24) is 9.88 Å². The van der Waals surface area contributed by atoms with Crippen LogP contribution in [0.1, 0.15) is 26.3 Å². The lowest BCUT2D eigenvalue weighted by atomic mass is 10.1. The minimum atomic E-state index is -1.09. The third-order valence-corrected chi connectivity index (χ3v) is 3.50. The molecule has 0 aliphatic carbocycles. The number of nitrogens with zero attached hydrogens (tertiary/aromatic N) is 4. The van der Waals surface area contributed by atoms with Crippen LogP contribution in [0.2, 0.25) is 0 Å². The van der Waals surface area contributed by atoms with Gasteiger partial charge in [-0.05, 0) is 32.9 Å². The van der Waals surface area contributed by atoms with E-state index < -0.39 is 23.7 Å². The van der Waals surface area contributed by atoms with Gasteiger partial charge in [-0.3, -0.25) is 0 Å². The van der Waals surface area contributed by atoms with Gasteiger partial charge in [0.05, 0.1) is 12.1 Å². The number of hydrogen-bond acceptors (Lipinski definition) is 6. The van der Waals surface area contributed by atoms with Crippen molar-refractivity contribution in [3.8, 4) is 6.07 Å². The number of carbonyl (C=O) groups excluding carboxylic acids is 1. The number of hydrogen-bond donors (Lipinski definition) is 1. The highest BCUT2D eigenvalue weighted by Gasteiger charge is 2.37. The first-order chi connectivity index (χ1) is 11.2. The van der Waals surface area contributed by atoms with Crippen molar-refractivity contribution < 1.29 is 19.4 Å². The molecule has 2 heterocycles. The molecule has 0 radical (unpaired) electrons. The highest BCUT2D eigenvalue weighted by molar-refractivity contribution is 5.80. The first-order valence-electron chi connectivity index (χ1n) is 7.55. The molecule has 24 heavy (non-hydrogen) atoms. The lowest BCUT2D eigenvalue weighted by molar-refractivity contribution is -0.139. The van der Waals surface area contributed by atoms with Crippen LogP contribution in [0.15, 0.2) is 18.3 Å². The van der Waals surface area contributed by atoms with Crippen LogP contribution in [0.5, 0.6) is 0 Å². The number of ether oxygens (including phenoxy) is 1. The Morgan fingerprint density at radius 3 is 2.71 bits per heavy atom. The number of rotatable bonds is 2. The Hall–Kier alpha value is -2.82. The van der Waals surface area contributed by atoms with Crippen LogP contribution in [-0.4, -0.2) is 58.3 Å². The van der Waals surface area contributed by atoms with E-state index in [1.165, 1.54) is 11.1 Å². The quantitative estimate of drug-likeness (QED) is 0.873. The molecule has 1 aromatic rings. The van der Waals surface area contributed by atoms with Gasteiger partial charge in [0, 0.05) is 19.3 Å². The summed E-state index contributed by atoms with van der Waals surface area (Å²) in [5, 5.41) is 18.7. The SMILES string of the molecule is CC(C)(C)OC(=O)N1CCN(c2ncccc2C#N)[C@@H](C(=O)O)C1. The van der Waals surface area contributed by atoms with Crippen molar-refractivity contribution in [2.24, 2.45) is 0 Å². The van der Waals surface area contributed by atoms with Gasteiger partial charge in [-0.1, -0.05) is 0 Å². The molecule has 1 aliphatic rings. The van der Waals surface area contributed by atoms with Gasteiger partial charge in [-0.2, -0.15) is 5.26 Å². The number of aliphatic carboxylic acids is 1. The monoisotopic (exact) mass is 332 g/mol. The summed E-state index contributed by atoms with van der Waals surface area (Å²) in [5.41, 5.74) is -0.350. The first-order valence-corrected chi connectivity index (χ1v) is 7.55. The summed E-state index contributed by atoms with van der Waals surface area (Å²) in [6, 6.07) is 4.23. The standard InChI is InChI=1S/C16H20N4O4/c1-16(2,3)24-15(23)19-7-8-20(12(10-19)14(21)22)13-11(9-17)5-4-6-18-13/h4-6,12H,7-8,10H2,1-3H3,(H,21,22)/t12-/m1/s1. The van der Waals surface area contributed by atoms with Crippen LogP contribution in [0.25, 0.3) is 0 Å². The Kier molecular flexibility index (Phi) is 4.93. The number of anilines is 1. The van der Waals surface area contributed by atoms with Crippen molar-refractivity contribution in [1.29, 1.82) is 5.26 Å². The summed E-state index contributed by atoms with van der Waals surface area (Å²) in [5.74, 6) is -0.769. The third-order valence-electron chi connectivity index (χ3n) is 3.50. The lowest BCUT2D eigenvalue weighted by Gasteiger charge is -2.40. The third kappa shape index (κ3) is 3.93.